The molecule has 1 aliphatic rings. The number of thiophene rings is 1. The monoisotopic (exact) mass is 252 g/mol. The third-order valence-corrected chi connectivity index (χ3v) is 4.48. The molecule has 4 heteroatoms. The van der Waals surface area contributed by atoms with Gasteiger partial charge in [-0.25, -0.2) is 0 Å². The van der Waals surface area contributed by atoms with Gasteiger partial charge in [0.05, 0.1) is 6.54 Å². The number of carbonyl (C=O) groups is 1. The van der Waals surface area contributed by atoms with E-state index in [0.29, 0.717) is 6.54 Å². The summed E-state index contributed by atoms with van der Waals surface area (Å²) in [5.41, 5.74) is -0.183. The van der Waals surface area contributed by atoms with Gasteiger partial charge in [-0.05, 0) is 45.0 Å². The van der Waals surface area contributed by atoms with Crippen LogP contribution >= 0.6 is 11.3 Å². The van der Waals surface area contributed by atoms with Crippen molar-refractivity contribution in [3.05, 3.63) is 21.9 Å². The largest absolute Gasteiger partial charge is 0.351 e. The molecular formula is C13H20N2OS. The third-order valence-electron chi connectivity index (χ3n) is 3.47. The lowest BCUT2D eigenvalue weighted by Gasteiger charge is -2.32. The number of hydrogen-bond acceptors (Lipinski definition) is 3. The Bertz CT molecular complexity index is 394. The van der Waals surface area contributed by atoms with Gasteiger partial charge < -0.3 is 10.6 Å². The van der Waals surface area contributed by atoms with Crippen LogP contribution in [0.25, 0.3) is 0 Å². The van der Waals surface area contributed by atoms with E-state index < -0.39 is 0 Å². The van der Waals surface area contributed by atoms with Crippen molar-refractivity contribution in [1.82, 2.24) is 10.6 Å². The molecule has 3 nitrogen and oxygen atoms in total. The fraction of sp³-hybridized carbons (Fsp3) is 0.615. The Hall–Kier alpha value is -0.870. The van der Waals surface area contributed by atoms with Gasteiger partial charge in [0.25, 0.3) is 0 Å². The first-order chi connectivity index (χ1) is 8.10. The topological polar surface area (TPSA) is 41.1 Å². The number of nitrogens with one attached hydrogen (secondary N) is 2. The Morgan fingerprint density at radius 3 is 2.76 bits per heavy atom. The summed E-state index contributed by atoms with van der Waals surface area (Å²) in [4.78, 5) is 14.7. The highest BCUT2D eigenvalue weighted by atomic mass is 32.1. The van der Waals surface area contributed by atoms with Crippen LogP contribution in [0.15, 0.2) is 12.1 Å². The maximum Gasteiger partial charge on any atom is 0.226 e. The zero-order valence-corrected chi connectivity index (χ0v) is 11.3. The molecule has 0 aliphatic carbocycles. The van der Waals surface area contributed by atoms with Gasteiger partial charge in [-0.3, -0.25) is 4.79 Å². The van der Waals surface area contributed by atoms with Crippen molar-refractivity contribution in [3.8, 4) is 0 Å². The van der Waals surface area contributed by atoms with Gasteiger partial charge >= 0.3 is 0 Å². The highest BCUT2D eigenvalue weighted by Crippen LogP contribution is 2.28. The molecule has 0 saturated carbocycles. The van der Waals surface area contributed by atoms with E-state index in [4.69, 9.17) is 0 Å². The van der Waals surface area contributed by atoms with Crippen LogP contribution in [0.5, 0.6) is 0 Å². The molecule has 2 heterocycles. The minimum absolute atomic E-state index is 0.183. The third kappa shape index (κ3) is 3.07. The molecule has 0 aromatic carbocycles. The fourth-order valence-electron chi connectivity index (χ4n) is 2.17. The Balaban J connectivity index is 1.88. The molecule has 0 atom stereocenters. The van der Waals surface area contributed by atoms with Gasteiger partial charge in [-0.1, -0.05) is 6.92 Å². The standard InChI is InChI=1S/C13H20N2OS/c1-10-3-4-11(17-10)9-15-12(16)13(2)5-7-14-8-6-13/h3-4,14H,5-9H2,1-2H3,(H,15,16). The molecule has 0 spiro atoms. The average molecular weight is 252 g/mol. The van der Waals surface area contributed by atoms with Crippen LogP contribution in [0, 0.1) is 12.3 Å². The molecule has 1 aromatic rings. The zero-order valence-electron chi connectivity index (χ0n) is 10.5. The van der Waals surface area contributed by atoms with Crippen LogP contribution < -0.4 is 10.6 Å². The van der Waals surface area contributed by atoms with Crippen molar-refractivity contribution in [2.24, 2.45) is 5.41 Å². The van der Waals surface area contributed by atoms with Crippen molar-refractivity contribution < 1.29 is 4.79 Å². The van der Waals surface area contributed by atoms with E-state index in [9.17, 15) is 4.79 Å². The zero-order chi connectivity index (χ0) is 12.3. The lowest BCUT2D eigenvalue weighted by molar-refractivity contribution is -0.131. The molecule has 0 radical (unpaired) electrons. The van der Waals surface area contributed by atoms with E-state index in [-0.39, 0.29) is 11.3 Å². The molecule has 0 bridgehead atoms. The smallest absolute Gasteiger partial charge is 0.226 e. The molecule has 0 unspecified atom stereocenters. The van der Waals surface area contributed by atoms with Crippen molar-refractivity contribution in [3.63, 3.8) is 0 Å². The van der Waals surface area contributed by atoms with Gasteiger partial charge in [-0.15, -0.1) is 11.3 Å². The van der Waals surface area contributed by atoms with Crippen LogP contribution in [0.3, 0.4) is 0 Å². The lowest BCUT2D eigenvalue weighted by atomic mass is 9.80. The molecular weight excluding hydrogens is 232 g/mol. The normalized spacial score (nSPS) is 18.9. The number of piperidine rings is 1. The molecule has 17 heavy (non-hydrogen) atoms. The molecule has 1 amide bonds. The van der Waals surface area contributed by atoms with Crippen molar-refractivity contribution in [2.45, 2.75) is 33.2 Å². The van der Waals surface area contributed by atoms with E-state index in [1.807, 2.05) is 0 Å². The quantitative estimate of drug-likeness (QED) is 0.864. The number of hydrogen-bond donors (Lipinski definition) is 2. The Morgan fingerprint density at radius 2 is 2.18 bits per heavy atom. The van der Waals surface area contributed by atoms with Crippen molar-refractivity contribution in [2.75, 3.05) is 13.1 Å². The predicted molar refractivity (Wildman–Crippen MR) is 71.1 cm³/mol. The summed E-state index contributed by atoms with van der Waals surface area (Å²) < 4.78 is 0. The van der Waals surface area contributed by atoms with E-state index in [2.05, 4.69) is 36.6 Å². The predicted octanol–water partition coefficient (Wildman–Crippen LogP) is 2.06. The minimum atomic E-state index is -0.183. The summed E-state index contributed by atoms with van der Waals surface area (Å²) >= 11 is 1.75. The first-order valence-electron chi connectivity index (χ1n) is 6.14. The van der Waals surface area contributed by atoms with E-state index >= 15 is 0 Å². The van der Waals surface area contributed by atoms with Gasteiger partial charge in [0, 0.05) is 15.2 Å². The van der Waals surface area contributed by atoms with Crippen LogP contribution in [0.4, 0.5) is 0 Å². The molecule has 2 N–H and O–H groups in total. The molecule has 1 aliphatic heterocycles. The second kappa shape index (κ2) is 5.19. The maximum absolute atomic E-state index is 12.2. The van der Waals surface area contributed by atoms with Gasteiger partial charge in [0.2, 0.25) is 5.91 Å². The van der Waals surface area contributed by atoms with E-state index in [0.717, 1.165) is 25.9 Å². The number of aryl methyl sites for hydroxylation is 1. The average Bonchev–Trinajstić information content (AvgIpc) is 2.73. The summed E-state index contributed by atoms with van der Waals surface area (Å²) in [6, 6.07) is 4.18. The lowest BCUT2D eigenvalue weighted by Crippen LogP contribution is -2.45. The first kappa shape index (κ1) is 12.6. The number of carbonyl (C=O) groups excluding carboxylic acids is 1. The van der Waals surface area contributed by atoms with Crippen molar-refractivity contribution in [1.29, 1.82) is 0 Å². The first-order valence-corrected chi connectivity index (χ1v) is 6.96. The SMILES string of the molecule is Cc1ccc(CNC(=O)C2(C)CCNCC2)s1. The van der Waals surface area contributed by atoms with Gasteiger partial charge in [0.1, 0.15) is 0 Å². The second-order valence-electron chi connectivity index (χ2n) is 5.01. The highest BCUT2D eigenvalue weighted by molar-refractivity contribution is 7.11. The molecule has 1 saturated heterocycles. The second-order valence-corrected chi connectivity index (χ2v) is 6.38. The van der Waals surface area contributed by atoms with Crippen LogP contribution in [-0.4, -0.2) is 19.0 Å². The summed E-state index contributed by atoms with van der Waals surface area (Å²) in [7, 11) is 0. The van der Waals surface area contributed by atoms with Gasteiger partial charge in [-0.2, -0.15) is 0 Å². The van der Waals surface area contributed by atoms with Gasteiger partial charge in [0.15, 0.2) is 0 Å². The Kier molecular flexibility index (Phi) is 3.84. The van der Waals surface area contributed by atoms with E-state index in [1.54, 1.807) is 11.3 Å². The summed E-state index contributed by atoms with van der Waals surface area (Å²) in [6.07, 6.45) is 1.87. The molecule has 1 fully saturated rings. The molecule has 2 rings (SSSR count). The number of rotatable bonds is 3. The summed E-state index contributed by atoms with van der Waals surface area (Å²) in [6.45, 7) is 6.72. The van der Waals surface area contributed by atoms with Crippen LogP contribution in [0.2, 0.25) is 0 Å². The van der Waals surface area contributed by atoms with E-state index in [1.165, 1.54) is 9.75 Å². The Morgan fingerprint density at radius 1 is 1.47 bits per heavy atom. The molecule has 1 aromatic heterocycles. The number of amides is 1. The summed E-state index contributed by atoms with van der Waals surface area (Å²) in [5, 5.41) is 6.36. The Labute approximate surface area is 107 Å². The fourth-order valence-corrected chi connectivity index (χ4v) is 3.00. The van der Waals surface area contributed by atoms with Crippen LogP contribution in [0.1, 0.15) is 29.5 Å². The highest BCUT2D eigenvalue weighted by Gasteiger charge is 2.34. The van der Waals surface area contributed by atoms with Crippen LogP contribution in [-0.2, 0) is 11.3 Å². The maximum atomic E-state index is 12.2. The minimum Gasteiger partial charge on any atom is -0.351 e. The van der Waals surface area contributed by atoms with Crippen molar-refractivity contribution >= 4 is 17.2 Å². The molecule has 94 valence electrons. The summed E-state index contributed by atoms with van der Waals surface area (Å²) in [5.74, 6) is 0.199.